The van der Waals surface area contributed by atoms with E-state index in [0.717, 1.165) is 12.8 Å². The van der Waals surface area contributed by atoms with E-state index in [1.54, 1.807) is 11.4 Å². The van der Waals surface area contributed by atoms with Gasteiger partial charge in [-0.15, -0.1) is 0 Å². The molecular formula is C14H17F3N2O2. The number of unbranched alkanes of at least 4 members (excludes halogenated alkanes) is 1. The number of benzene rings is 1. The summed E-state index contributed by atoms with van der Waals surface area (Å²) in [7, 11) is 0. The van der Waals surface area contributed by atoms with Crippen molar-refractivity contribution in [1.29, 1.82) is 0 Å². The summed E-state index contributed by atoms with van der Waals surface area (Å²) in [6.45, 7) is 2.18. The third kappa shape index (κ3) is 6.29. The van der Waals surface area contributed by atoms with Crippen LogP contribution >= 0.6 is 0 Å². The summed E-state index contributed by atoms with van der Waals surface area (Å²) < 4.78 is 36.4. The lowest BCUT2D eigenvalue weighted by atomic mass is 10.2. The van der Waals surface area contributed by atoms with Gasteiger partial charge in [0.25, 0.3) is 0 Å². The van der Waals surface area contributed by atoms with Crippen LogP contribution in [0.25, 0.3) is 0 Å². The van der Waals surface area contributed by atoms with Gasteiger partial charge in [0.15, 0.2) is 0 Å². The van der Waals surface area contributed by atoms with Gasteiger partial charge in [0.05, 0.1) is 0 Å². The lowest BCUT2D eigenvalue weighted by molar-refractivity contribution is -0.167. The number of carbonyl (C=O) groups excluding carboxylic acids is 2. The maximum absolute atomic E-state index is 12.1. The van der Waals surface area contributed by atoms with Crippen LogP contribution in [0.2, 0.25) is 0 Å². The number of anilines is 1. The normalized spacial score (nSPS) is 11.0. The maximum Gasteiger partial charge on any atom is 0.471 e. The Morgan fingerprint density at radius 2 is 1.95 bits per heavy atom. The van der Waals surface area contributed by atoms with E-state index in [-0.39, 0.29) is 18.1 Å². The van der Waals surface area contributed by atoms with E-state index in [9.17, 15) is 22.8 Å². The maximum atomic E-state index is 12.1. The molecule has 0 aliphatic carbocycles. The highest BCUT2D eigenvalue weighted by Gasteiger charge is 2.38. The molecule has 0 unspecified atom stereocenters. The van der Waals surface area contributed by atoms with Gasteiger partial charge in [-0.1, -0.05) is 25.5 Å². The number of alkyl halides is 3. The molecule has 0 radical (unpaired) electrons. The Balaban J connectivity index is 2.56. The summed E-state index contributed by atoms with van der Waals surface area (Å²) in [4.78, 5) is 22.3. The Kier molecular flexibility index (Phi) is 6.20. The van der Waals surface area contributed by atoms with Crippen molar-refractivity contribution < 1.29 is 22.8 Å². The minimum absolute atomic E-state index is 0.0395. The molecule has 1 aromatic rings. The summed E-state index contributed by atoms with van der Waals surface area (Å²) in [6.07, 6.45) is -2.81. The van der Waals surface area contributed by atoms with Crippen molar-refractivity contribution in [3.05, 3.63) is 29.8 Å². The van der Waals surface area contributed by atoms with Crippen LogP contribution in [0.15, 0.2) is 24.3 Å². The highest BCUT2D eigenvalue weighted by Crippen LogP contribution is 2.18. The molecule has 0 saturated heterocycles. The number of amides is 2. The van der Waals surface area contributed by atoms with E-state index in [0.29, 0.717) is 12.0 Å². The molecule has 0 spiro atoms. The summed E-state index contributed by atoms with van der Waals surface area (Å²) in [5, 5.41) is 4.44. The molecule has 0 aliphatic rings. The Labute approximate surface area is 120 Å². The van der Waals surface area contributed by atoms with Crippen LogP contribution in [0.1, 0.15) is 31.7 Å². The largest absolute Gasteiger partial charge is 0.471 e. The average molecular weight is 302 g/mol. The zero-order valence-electron chi connectivity index (χ0n) is 11.6. The second kappa shape index (κ2) is 7.66. The van der Waals surface area contributed by atoms with Crippen molar-refractivity contribution in [2.45, 2.75) is 38.9 Å². The van der Waals surface area contributed by atoms with Gasteiger partial charge in [0, 0.05) is 18.7 Å². The second-order valence-corrected chi connectivity index (χ2v) is 4.53. The number of hydrogen-bond donors (Lipinski definition) is 2. The molecule has 0 heterocycles. The van der Waals surface area contributed by atoms with Crippen LogP contribution in [0.4, 0.5) is 18.9 Å². The molecule has 7 heteroatoms. The van der Waals surface area contributed by atoms with Crippen LogP contribution in [-0.4, -0.2) is 18.0 Å². The van der Waals surface area contributed by atoms with Gasteiger partial charge in [0.1, 0.15) is 0 Å². The minimum atomic E-state index is -4.93. The van der Waals surface area contributed by atoms with Crippen LogP contribution in [0.5, 0.6) is 0 Å². The van der Waals surface area contributed by atoms with E-state index in [4.69, 9.17) is 0 Å². The average Bonchev–Trinajstić information content (AvgIpc) is 2.42. The number of carbonyl (C=O) groups is 2. The van der Waals surface area contributed by atoms with Gasteiger partial charge < -0.3 is 10.6 Å². The van der Waals surface area contributed by atoms with Crippen LogP contribution in [-0.2, 0) is 16.1 Å². The third-order valence-electron chi connectivity index (χ3n) is 2.69. The van der Waals surface area contributed by atoms with Gasteiger partial charge in [-0.2, -0.15) is 13.2 Å². The quantitative estimate of drug-likeness (QED) is 0.848. The molecule has 0 aliphatic heterocycles. The van der Waals surface area contributed by atoms with E-state index < -0.39 is 12.1 Å². The number of halogens is 3. The molecule has 21 heavy (non-hydrogen) atoms. The Morgan fingerprint density at radius 1 is 1.24 bits per heavy atom. The molecule has 1 rings (SSSR count). The smallest absolute Gasteiger partial charge is 0.352 e. The number of rotatable bonds is 6. The SMILES string of the molecule is CCCCC(=O)NCc1cccc(NC(=O)C(F)(F)F)c1. The van der Waals surface area contributed by atoms with Crippen LogP contribution < -0.4 is 10.6 Å². The van der Waals surface area contributed by atoms with Gasteiger partial charge >= 0.3 is 12.1 Å². The first-order chi connectivity index (χ1) is 9.82. The van der Waals surface area contributed by atoms with Crippen LogP contribution in [0.3, 0.4) is 0 Å². The van der Waals surface area contributed by atoms with Crippen molar-refractivity contribution in [3.8, 4) is 0 Å². The first kappa shape index (κ1) is 17.0. The van der Waals surface area contributed by atoms with E-state index >= 15 is 0 Å². The lowest BCUT2D eigenvalue weighted by Crippen LogP contribution is -2.30. The van der Waals surface area contributed by atoms with Gasteiger partial charge in [-0.3, -0.25) is 9.59 Å². The molecular weight excluding hydrogens is 285 g/mol. The second-order valence-electron chi connectivity index (χ2n) is 4.53. The fourth-order valence-corrected chi connectivity index (χ4v) is 1.59. The molecule has 4 nitrogen and oxygen atoms in total. The summed E-state index contributed by atoms with van der Waals surface area (Å²) in [5.74, 6) is -2.13. The standard InChI is InChI=1S/C14H17F3N2O2/c1-2-3-7-12(20)18-9-10-5-4-6-11(8-10)19-13(21)14(15,16)17/h4-6,8H,2-3,7,9H2,1H3,(H,18,20)(H,19,21). The topological polar surface area (TPSA) is 58.2 Å². The summed E-state index contributed by atoms with van der Waals surface area (Å²) in [5.41, 5.74) is 0.650. The zero-order valence-corrected chi connectivity index (χ0v) is 11.6. The van der Waals surface area contributed by atoms with E-state index in [1.165, 1.54) is 18.2 Å². The molecule has 2 N–H and O–H groups in total. The van der Waals surface area contributed by atoms with Gasteiger partial charge in [0.2, 0.25) is 5.91 Å². The predicted octanol–water partition coefficient (Wildman–Crippen LogP) is 2.99. The molecule has 0 aromatic heterocycles. The number of hydrogen-bond acceptors (Lipinski definition) is 2. The molecule has 116 valence electrons. The number of nitrogens with one attached hydrogen (secondary N) is 2. The van der Waals surface area contributed by atoms with E-state index in [1.807, 2.05) is 6.92 Å². The molecule has 1 aromatic carbocycles. The Hall–Kier alpha value is -2.05. The summed E-state index contributed by atoms with van der Waals surface area (Å²) >= 11 is 0. The molecule has 2 amide bonds. The molecule has 0 saturated carbocycles. The highest BCUT2D eigenvalue weighted by molar-refractivity contribution is 5.94. The minimum Gasteiger partial charge on any atom is -0.352 e. The molecule has 0 fully saturated rings. The fourth-order valence-electron chi connectivity index (χ4n) is 1.59. The van der Waals surface area contributed by atoms with Gasteiger partial charge in [-0.25, -0.2) is 0 Å². The van der Waals surface area contributed by atoms with Crippen molar-refractivity contribution >= 4 is 17.5 Å². The van der Waals surface area contributed by atoms with Crippen molar-refractivity contribution in [2.75, 3.05) is 5.32 Å². The summed E-state index contributed by atoms with van der Waals surface area (Å²) in [6, 6.07) is 5.92. The zero-order chi connectivity index (χ0) is 15.9. The monoisotopic (exact) mass is 302 g/mol. The lowest BCUT2D eigenvalue weighted by Gasteiger charge is -2.10. The first-order valence-electron chi connectivity index (χ1n) is 6.56. The van der Waals surface area contributed by atoms with Crippen molar-refractivity contribution in [3.63, 3.8) is 0 Å². The Morgan fingerprint density at radius 3 is 2.57 bits per heavy atom. The molecule has 0 bridgehead atoms. The Bertz CT molecular complexity index is 501. The highest BCUT2D eigenvalue weighted by atomic mass is 19.4. The van der Waals surface area contributed by atoms with Crippen LogP contribution in [0, 0.1) is 0 Å². The third-order valence-corrected chi connectivity index (χ3v) is 2.69. The van der Waals surface area contributed by atoms with Crippen molar-refractivity contribution in [2.24, 2.45) is 0 Å². The molecule has 0 atom stereocenters. The van der Waals surface area contributed by atoms with Crippen molar-refractivity contribution in [1.82, 2.24) is 5.32 Å². The fraction of sp³-hybridized carbons (Fsp3) is 0.429. The predicted molar refractivity (Wildman–Crippen MR) is 72.5 cm³/mol. The van der Waals surface area contributed by atoms with E-state index in [2.05, 4.69) is 5.32 Å². The van der Waals surface area contributed by atoms with Gasteiger partial charge in [-0.05, 0) is 24.1 Å². The first-order valence-corrected chi connectivity index (χ1v) is 6.56.